The van der Waals surface area contributed by atoms with E-state index in [4.69, 9.17) is 4.99 Å². The van der Waals surface area contributed by atoms with Gasteiger partial charge in [0.1, 0.15) is 11.9 Å². The van der Waals surface area contributed by atoms with Crippen LogP contribution in [-0.4, -0.2) is 45.7 Å². The number of nitrogens with zero attached hydrogens (tertiary/aromatic N) is 2. The standard InChI is InChI=1S/C35H44N2O3/c1-5-37-32(36-31(34(37)40)16-8-10-25-18-20-30(21-19-25)35(2,3)4)17-9-12-26-11-6-14-28(22-26)29-15-7-13-27(23-29)24-33(38)39/h6-7,11,13-15,18-23,31,33,38-39H,5,8-10,12,16-17,24H2,1-4H3. The summed E-state index contributed by atoms with van der Waals surface area (Å²) in [6.07, 6.45) is 4.19. The molecule has 1 aliphatic rings. The van der Waals surface area contributed by atoms with E-state index < -0.39 is 6.29 Å². The number of aliphatic hydroxyl groups excluding tert-OH is 1. The van der Waals surface area contributed by atoms with Gasteiger partial charge >= 0.3 is 0 Å². The molecule has 3 aromatic rings. The van der Waals surface area contributed by atoms with Gasteiger partial charge in [-0.25, -0.2) is 0 Å². The van der Waals surface area contributed by atoms with Gasteiger partial charge in [0.15, 0.2) is 6.29 Å². The van der Waals surface area contributed by atoms with Crippen LogP contribution in [0.4, 0.5) is 0 Å². The molecule has 0 saturated carbocycles. The van der Waals surface area contributed by atoms with E-state index in [9.17, 15) is 15.0 Å². The first-order valence-corrected chi connectivity index (χ1v) is 14.7. The predicted octanol–water partition coefficient (Wildman–Crippen LogP) is 6.48. The van der Waals surface area contributed by atoms with Crippen LogP contribution in [-0.2, 0) is 29.5 Å². The van der Waals surface area contributed by atoms with Crippen molar-refractivity contribution in [2.75, 3.05) is 6.54 Å². The number of carbonyl (C=O) groups excluding carboxylic acids is 1. The van der Waals surface area contributed by atoms with Crippen LogP contribution < -0.4 is 0 Å². The predicted molar refractivity (Wildman–Crippen MR) is 163 cm³/mol. The average Bonchev–Trinajstić information content (AvgIpc) is 3.22. The molecule has 1 amide bonds. The summed E-state index contributed by atoms with van der Waals surface area (Å²) in [4.78, 5) is 19.8. The zero-order valence-electron chi connectivity index (χ0n) is 24.4. The number of hydrogen-bond acceptors (Lipinski definition) is 4. The van der Waals surface area contributed by atoms with Gasteiger partial charge in [0, 0.05) is 19.4 Å². The zero-order chi connectivity index (χ0) is 28.7. The van der Waals surface area contributed by atoms with E-state index in [2.05, 4.69) is 69.3 Å². The second kappa shape index (κ2) is 13.4. The quantitative estimate of drug-likeness (QED) is 0.258. The summed E-state index contributed by atoms with van der Waals surface area (Å²) < 4.78 is 0. The van der Waals surface area contributed by atoms with Crippen LogP contribution in [0.5, 0.6) is 0 Å². The lowest BCUT2D eigenvalue weighted by molar-refractivity contribution is -0.127. The molecule has 5 nitrogen and oxygen atoms in total. The van der Waals surface area contributed by atoms with Gasteiger partial charge < -0.3 is 10.2 Å². The van der Waals surface area contributed by atoms with Gasteiger partial charge in [-0.15, -0.1) is 0 Å². The van der Waals surface area contributed by atoms with Crippen molar-refractivity contribution in [3.63, 3.8) is 0 Å². The van der Waals surface area contributed by atoms with Crippen LogP contribution in [0.3, 0.4) is 0 Å². The lowest BCUT2D eigenvalue weighted by Crippen LogP contribution is -2.35. The summed E-state index contributed by atoms with van der Waals surface area (Å²) in [5.41, 5.74) is 7.13. The first-order chi connectivity index (χ1) is 19.1. The molecule has 1 heterocycles. The van der Waals surface area contributed by atoms with E-state index in [1.165, 1.54) is 16.7 Å². The molecule has 0 saturated heterocycles. The van der Waals surface area contributed by atoms with Crippen LogP contribution in [0.1, 0.15) is 75.6 Å². The van der Waals surface area contributed by atoms with Crippen molar-refractivity contribution in [1.82, 2.24) is 4.90 Å². The molecule has 0 radical (unpaired) electrons. The van der Waals surface area contributed by atoms with Gasteiger partial charge in [0.05, 0.1) is 0 Å². The SMILES string of the molecule is CCN1C(=O)C(CCCc2ccc(C(C)(C)C)cc2)N=C1CCCc1cccc(-c2cccc(CC(O)O)c2)c1. The zero-order valence-corrected chi connectivity index (χ0v) is 24.4. The van der Waals surface area contributed by atoms with Crippen molar-refractivity contribution in [3.8, 4) is 11.1 Å². The average molecular weight is 541 g/mol. The minimum atomic E-state index is -1.35. The number of amidine groups is 1. The number of aryl methyl sites for hydroxylation is 2. The first kappa shape index (κ1) is 29.7. The highest BCUT2D eigenvalue weighted by atomic mass is 16.5. The molecule has 40 heavy (non-hydrogen) atoms. The Labute approximate surface area is 239 Å². The molecular formula is C35H44N2O3. The van der Waals surface area contributed by atoms with Crippen molar-refractivity contribution in [2.45, 2.75) is 90.4 Å². The van der Waals surface area contributed by atoms with E-state index >= 15 is 0 Å². The van der Waals surface area contributed by atoms with Crippen molar-refractivity contribution < 1.29 is 15.0 Å². The third-order valence-electron chi connectivity index (χ3n) is 7.72. The first-order valence-electron chi connectivity index (χ1n) is 14.7. The Morgan fingerprint density at radius 2 is 1.45 bits per heavy atom. The molecule has 1 unspecified atom stereocenters. The molecule has 0 bridgehead atoms. The lowest BCUT2D eigenvalue weighted by atomic mass is 9.86. The number of likely N-dealkylation sites (N-methyl/N-ethyl adjacent to an activating group) is 1. The normalized spacial score (nSPS) is 15.7. The third-order valence-corrected chi connectivity index (χ3v) is 7.72. The fraction of sp³-hybridized carbons (Fsp3) is 0.429. The highest BCUT2D eigenvalue weighted by Crippen LogP contribution is 2.25. The Bertz CT molecular complexity index is 1300. The van der Waals surface area contributed by atoms with Gasteiger partial charge in [-0.1, -0.05) is 93.6 Å². The fourth-order valence-electron chi connectivity index (χ4n) is 5.45. The second-order valence-corrected chi connectivity index (χ2v) is 11.9. The Kier molecular flexibility index (Phi) is 9.94. The summed E-state index contributed by atoms with van der Waals surface area (Å²) in [5.74, 6) is 1.08. The maximum absolute atomic E-state index is 13.1. The molecular weight excluding hydrogens is 496 g/mol. The molecule has 0 aliphatic carbocycles. The van der Waals surface area contributed by atoms with Crippen LogP contribution in [0.2, 0.25) is 0 Å². The number of rotatable bonds is 12. The highest BCUT2D eigenvalue weighted by molar-refractivity contribution is 6.05. The topological polar surface area (TPSA) is 73.1 Å². The monoisotopic (exact) mass is 540 g/mol. The van der Waals surface area contributed by atoms with Crippen LogP contribution in [0, 0.1) is 0 Å². The Morgan fingerprint density at radius 1 is 0.825 bits per heavy atom. The number of aliphatic hydroxyl groups is 2. The summed E-state index contributed by atoms with van der Waals surface area (Å²) in [7, 11) is 0. The fourth-order valence-corrected chi connectivity index (χ4v) is 5.45. The maximum atomic E-state index is 13.1. The number of carbonyl (C=O) groups is 1. The van der Waals surface area contributed by atoms with Gasteiger partial charge in [0.2, 0.25) is 0 Å². The molecule has 1 atom stereocenters. The molecule has 212 valence electrons. The Hall–Kier alpha value is -3.28. The van der Waals surface area contributed by atoms with Crippen molar-refractivity contribution in [3.05, 3.63) is 95.1 Å². The smallest absolute Gasteiger partial charge is 0.252 e. The number of hydrogen-bond donors (Lipinski definition) is 2. The van der Waals surface area contributed by atoms with Gasteiger partial charge in [-0.3, -0.25) is 14.7 Å². The van der Waals surface area contributed by atoms with E-state index in [0.29, 0.717) is 6.54 Å². The number of aliphatic imine (C=N–C) groups is 1. The molecule has 0 aromatic heterocycles. The van der Waals surface area contributed by atoms with Crippen molar-refractivity contribution >= 4 is 11.7 Å². The summed E-state index contributed by atoms with van der Waals surface area (Å²) >= 11 is 0. The summed E-state index contributed by atoms with van der Waals surface area (Å²) in [5, 5.41) is 18.6. The molecule has 3 aromatic carbocycles. The summed E-state index contributed by atoms with van der Waals surface area (Å²) in [6.45, 7) is 9.38. The van der Waals surface area contributed by atoms with Gasteiger partial charge in [-0.2, -0.15) is 0 Å². The van der Waals surface area contributed by atoms with Crippen LogP contribution in [0.25, 0.3) is 11.1 Å². The molecule has 1 aliphatic heterocycles. The highest BCUT2D eigenvalue weighted by Gasteiger charge is 2.32. The van der Waals surface area contributed by atoms with E-state index in [0.717, 1.165) is 61.1 Å². The summed E-state index contributed by atoms with van der Waals surface area (Å²) in [6, 6.07) is 25.0. The minimum absolute atomic E-state index is 0.149. The van der Waals surface area contributed by atoms with Gasteiger partial charge in [0.25, 0.3) is 5.91 Å². The molecule has 2 N–H and O–H groups in total. The molecule has 4 rings (SSSR count). The van der Waals surface area contributed by atoms with Crippen molar-refractivity contribution in [1.29, 1.82) is 0 Å². The Morgan fingerprint density at radius 3 is 2.08 bits per heavy atom. The molecule has 0 fully saturated rings. The van der Waals surface area contributed by atoms with E-state index in [1.807, 2.05) is 36.1 Å². The maximum Gasteiger partial charge on any atom is 0.252 e. The Balaban J connectivity index is 1.31. The van der Waals surface area contributed by atoms with Crippen molar-refractivity contribution in [2.24, 2.45) is 4.99 Å². The number of benzene rings is 3. The van der Waals surface area contributed by atoms with E-state index in [-0.39, 0.29) is 23.8 Å². The minimum Gasteiger partial charge on any atom is -0.368 e. The second-order valence-electron chi connectivity index (χ2n) is 11.9. The van der Waals surface area contributed by atoms with Crippen LogP contribution in [0.15, 0.2) is 77.8 Å². The molecule has 5 heteroatoms. The van der Waals surface area contributed by atoms with E-state index in [1.54, 1.807) is 0 Å². The number of amides is 1. The largest absolute Gasteiger partial charge is 0.368 e. The third kappa shape index (κ3) is 7.89. The molecule has 0 spiro atoms. The van der Waals surface area contributed by atoms with Crippen LogP contribution >= 0.6 is 0 Å². The van der Waals surface area contributed by atoms with Gasteiger partial charge in [-0.05, 0) is 77.8 Å². The lowest BCUT2D eigenvalue weighted by Gasteiger charge is -2.19.